The third kappa shape index (κ3) is 8.58. The van der Waals surface area contributed by atoms with Crippen molar-refractivity contribution < 1.29 is 24.3 Å². The zero-order valence-electron chi connectivity index (χ0n) is 18.0. The average Bonchev–Trinajstić information content (AvgIpc) is 2.75. The van der Waals surface area contributed by atoms with Gasteiger partial charge in [-0.15, -0.1) is 0 Å². The van der Waals surface area contributed by atoms with Gasteiger partial charge in [0.25, 0.3) is 0 Å². The van der Waals surface area contributed by atoms with Gasteiger partial charge in [0.2, 0.25) is 17.7 Å². The lowest BCUT2D eigenvalue weighted by atomic mass is 9.98. The molecule has 5 unspecified atom stereocenters. The molecular weight excluding hydrogens is 420 g/mol. The molecule has 0 heterocycles. The standard InChI is InChI=1S/C21H32N4O5S/c1-4-12(2)17(22)20(28)24-15(10-14-8-6-5-7-9-14)18(26)25-16(11-31)19(27)23-13(3)21(29)30/h5-9,12-13,15-17,31H,4,10-11,22H2,1-3H3,(H,23,27)(H,24,28)(H,25,26)(H,29,30). The fourth-order valence-corrected chi connectivity index (χ4v) is 2.94. The number of benzene rings is 1. The van der Waals surface area contributed by atoms with Crippen LogP contribution < -0.4 is 21.7 Å². The van der Waals surface area contributed by atoms with Crippen LogP contribution in [0.5, 0.6) is 0 Å². The Kier molecular flexibility index (Phi) is 11.1. The summed E-state index contributed by atoms with van der Waals surface area (Å²) in [5.41, 5.74) is 6.81. The molecule has 172 valence electrons. The van der Waals surface area contributed by atoms with E-state index in [1.54, 1.807) is 0 Å². The molecule has 0 spiro atoms. The summed E-state index contributed by atoms with van der Waals surface area (Å²) in [6.07, 6.45) is 0.895. The second-order valence-corrected chi connectivity index (χ2v) is 7.84. The number of carbonyl (C=O) groups excluding carboxylic acids is 3. The summed E-state index contributed by atoms with van der Waals surface area (Å²) >= 11 is 4.08. The highest BCUT2D eigenvalue weighted by atomic mass is 32.1. The number of aliphatic carboxylic acids is 1. The van der Waals surface area contributed by atoms with Crippen molar-refractivity contribution in [2.75, 3.05) is 5.75 Å². The van der Waals surface area contributed by atoms with Crippen LogP contribution >= 0.6 is 12.6 Å². The summed E-state index contributed by atoms with van der Waals surface area (Å²) < 4.78 is 0. The number of nitrogens with two attached hydrogens (primary N) is 1. The summed E-state index contributed by atoms with van der Waals surface area (Å²) in [6, 6.07) is 5.14. The molecule has 5 atom stereocenters. The van der Waals surface area contributed by atoms with Crippen molar-refractivity contribution in [2.24, 2.45) is 11.7 Å². The third-order valence-electron chi connectivity index (χ3n) is 5.02. The second-order valence-electron chi connectivity index (χ2n) is 7.47. The molecule has 10 heteroatoms. The van der Waals surface area contributed by atoms with E-state index in [1.165, 1.54) is 6.92 Å². The van der Waals surface area contributed by atoms with Gasteiger partial charge < -0.3 is 26.8 Å². The molecule has 0 bridgehead atoms. The minimum absolute atomic E-state index is 0.0533. The summed E-state index contributed by atoms with van der Waals surface area (Å²) in [6.45, 7) is 5.08. The Bertz CT molecular complexity index is 761. The van der Waals surface area contributed by atoms with E-state index in [2.05, 4.69) is 28.6 Å². The van der Waals surface area contributed by atoms with Gasteiger partial charge in [-0.2, -0.15) is 12.6 Å². The molecule has 1 rings (SSSR count). The predicted molar refractivity (Wildman–Crippen MR) is 121 cm³/mol. The minimum atomic E-state index is -1.20. The average molecular weight is 453 g/mol. The quantitative estimate of drug-likeness (QED) is 0.247. The van der Waals surface area contributed by atoms with Crippen LogP contribution in [0, 0.1) is 5.92 Å². The van der Waals surface area contributed by atoms with E-state index in [-0.39, 0.29) is 18.1 Å². The van der Waals surface area contributed by atoms with Crippen molar-refractivity contribution in [3.05, 3.63) is 35.9 Å². The van der Waals surface area contributed by atoms with Crippen LogP contribution in [0.3, 0.4) is 0 Å². The molecule has 1 aromatic rings. The van der Waals surface area contributed by atoms with Crippen LogP contribution in [-0.4, -0.2) is 58.7 Å². The summed E-state index contributed by atoms with van der Waals surface area (Å²) in [5.74, 6) is -3.07. The number of amides is 3. The van der Waals surface area contributed by atoms with Crippen molar-refractivity contribution in [3.8, 4) is 0 Å². The maximum atomic E-state index is 12.9. The lowest BCUT2D eigenvalue weighted by Crippen LogP contribution is -2.58. The molecule has 1 aromatic carbocycles. The van der Waals surface area contributed by atoms with Gasteiger partial charge in [-0.1, -0.05) is 50.6 Å². The highest BCUT2D eigenvalue weighted by Gasteiger charge is 2.29. The first-order valence-corrected chi connectivity index (χ1v) is 10.8. The number of rotatable bonds is 12. The Morgan fingerprint density at radius 2 is 1.52 bits per heavy atom. The Balaban J connectivity index is 2.96. The molecule has 0 saturated heterocycles. The molecule has 0 saturated carbocycles. The number of thiol groups is 1. The van der Waals surface area contributed by atoms with E-state index in [4.69, 9.17) is 10.8 Å². The van der Waals surface area contributed by atoms with Crippen LogP contribution in [-0.2, 0) is 25.6 Å². The molecule has 6 N–H and O–H groups in total. The minimum Gasteiger partial charge on any atom is -0.480 e. The van der Waals surface area contributed by atoms with Crippen LogP contribution in [0.15, 0.2) is 30.3 Å². The van der Waals surface area contributed by atoms with E-state index in [0.29, 0.717) is 6.42 Å². The van der Waals surface area contributed by atoms with Gasteiger partial charge in [0.05, 0.1) is 6.04 Å². The number of hydrogen-bond donors (Lipinski definition) is 6. The van der Waals surface area contributed by atoms with E-state index in [0.717, 1.165) is 5.56 Å². The number of carbonyl (C=O) groups is 4. The second kappa shape index (κ2) is 13.0. The summed E-state index contributed by atoms with van der Waals surface area (Å²) in [7, 11) is 0. The fourth-order valence-electron chi connectivity index (χ4n) is 2.68. The predicted octanol–water partition coefficient (Wildman–Crippen LogP) is 0.0912. The maximum Gasteiger partial charge on any atom is 0.325 e. The Morgan fingerprint density at radius 3 is 2.03 bits per heavy atom. The topological polar surface area (TPSA) is 151 Å². The van der Waals surface area contributed by atoms with Crippen molar-refractivity contribution in [3.63, 3.8) is 0 Å². The summed E-state index contributed by atoms with van der Waals surface area (Å²) in [4.78, 5) is 48.8. The fraction of sp³-hybridized carbons (Fsp3) is 0.524. The van der Waals surface area contributed by atoms with Gasteiger partial charge in [0.15, 0.2) is 0 Å². The first-order valence-electron chi connectivity index (χ1n) is 10.1. The first-order chi connectivity index (χ1) is 14.6. The van der Waals surface area contributed by atoms with Gasteiger partial charge >= 0.3 is 5.97 Å². The van der Waals surface area contributed by atoms with Crippen LogP contribution in [0.2, 0.25) is 0 Å². The summed E-state index contributed by atoms with van der Waals surface area (Å²) in [5, 5.41) is 16.5. The zero-order valence-corrected chi connectivity index (χ0v) is 18.9. The third-order valence-corrected chi connectivity index (χ3v) is 5.39. The van der Waals surface area contributed by atoms with Crippen LogP contribution in [0.4, 0.5) is 0 Å². The monoisotopic (exact) mass is 452 g/mol. The molecule has 0 aromatic heterocycles. The lowest BCUT2D eigenvalue weighted by Gasteiger charge is -2.25. The molecule has 0 aliphatic carbocycles. The number of carboxylic acids is 1. The number of hydrogen-bond acceptors (Lipinski definition) is 6. The molecule has 0 radical (unpaired) electrons. The van der Waals surface area contributed by atoms with Gasteiger partial charge in [0, 0.05) is 12.2 Å². The smallest absolute Gasteiger partial charge is 0.325 e. The first kappa shape index (κ1) is 26.4. The van der Waals surface area contributed by atoms with Crippen molar-refractivity contribution in [1.29, 1.82) is 0 Å². The van der Waals surface area contributed by atoms with Gasteiger partial charge in [-0.05, 0) is 18.4 Å². The molecule has 0 fully saturated rings. The van der Waals surface area contributed by atoms with E-state index in [1.807, 2.05) is 44.2 Å². The Labute approximate surface area is 187 Å². The van der Waals surface area contributed by atoms with Gasteiger partial charge in [-0.3, -0.25) is 19.2 Å². The number of carboxylic acid groups (broad SMARTS) is 1. The van der Waals surface area contributed by atoms with Gasteiger partial charge in [0.1, 0.15) is 18.1 Å². The largest absolute Gasteiger partial charge is 0.480 e. The van der Waals surface area contributed by atoms with Gasteiger partial charge in [-0.25, -0.2) is 0 Å². The molecular formula is C21H32N4O5S. The van der Waals surface area contributed by atoms with Crippen LogP contribution in [0.1, 0.15) is 32.8 Å². The SMILES string of the molecule is CCC(C)C(N)C(=O)NC(Cc1ccccc1)C(=O)NC(CS)C(=O)NC(C)C(=O)O. The van der Waals surface area contributed by atoms with Crippen molar-refractivity contribution >= 4 is 36.3 Å². The van der Waals surface area contributed by atoms with E-state index in [9.17, 15) is 19.2 Å². The highest BCUT2D eigenvalue weighted by molar-refractivity contribution is 7.80. The lowest BCUT2D eigenvalue weighted by molar-refractivity contribution is -0.141. The molecule has 9 nitrogen and oxygen atoms in total. The van der Waals surface area contributed by atoms with E-state index < -0.39 is 47.9 Å². The number of nitrogens with one attached hydrogen (secondary N) is 3. The van der Waals surface area contributed by atoms with E-state index >= 15 is 0 Å². The van der Waals surface area contributed by atoms with Crippen molar-refractivity contribution in [2.45, 2.75) is 57.8 Å². The maximum absolute atomic E-state index is 12.9. The Morgan fingerprint density at radius 1 is 0.968 bits per heavy atom. The normalized spacial score (nSPS) is 15.6. The van der Waals surface area contributed by atoms with Crippen LogP contribution in [0.25, 0.3) is 0 Å². The Hall–Kier alpha value is -2.59. The molecule has 3 amide bonds. The molecule has 0 aliphatic heterocycles. The van der Waals surface area contributed by atoms with Crippen molar-refractivity contribution in [1.82, 2.24) is 16.0 Å². The highest BCUT2D eigenvalue weighted by Crippen LogP contribution is 2.08. The zero-order chi connectivity index (χ0) is 23.6. The molecule has 0 aliphatic rings. The molecule has 31 heavy (non-hydrogen) atoms.